The van der Waals surface area contributed by atoms with Gasteiger partial charge in [0.1, 0.15) is 6.04 Å². The molecule has 3 aromatic carbocycles. The molecule has 1 heterocycles. The van der Waals surface area contributed by atoms with Gasteiger partial charge in [-0.25, -0.2) is 13.4 Å². The minimum Gasteiger partial charge on any atom is -0.344 e. The highest BCUT2D eigenvalue weighted by atomic mass is 32.2. The Labute approximate surface area is 210 Å². The minimum atomic E-state index is -3.63. The van der Waals surface area contributed by atoms with Crippen LogP contribution in [0.15, 0.2) is 83.8 Å². The lowest BCUT2D eigenvalue weighted by Crippen LogP contribution is -2.54. The van der Waals surface area contributed by atoms with Crippen molar-refractivity contribution in [2.24, 2.45) is 0 Å². The van der Waals surface area contributed by atoms with E-state index >= 15 is 0 Å². The molecule has 4 rings (SSSR count). The lowest BCUT2D eigenvalue weighted by Gasteiger charge is -2.27. The van der Waals surface area contributed by atoms with E-state index in [-0.39, 0.29) is 23.0 Å². The summed E-state index contributed by atoms with van der Waals surface area (Å²) in [5, 5.41) is 3.75. The number of carbonyl (C=O) groups is 3. The molecule has 1 unspecified atom stereocenters. The fraction of sp³-hybridized carbons (Fsp3) is 0.222. The molecule has 2 atom stereocenters. The molecule has 9 heteroatoms. The number of hydrogen-bond donors (Lipinski definition) is 2. The van der Waals surface area contributed by atoms with Gasteiger partial charge in [0, 0.05) is 12.0 Å². The highest BCUT2D eigenvalue weighted by Gasteiger charge is 2.33. The van der Waals surface area contributed by atoms with Crippen LogP contribution in [0.4, 0.5) is 5.69 Å². The topological polar surface area (TPSA) is 113 Å². The number of nitrogens with one attached hydrogen (secondary N) is 2. The van der Waals surface area contributed by atoms with Gasteiger partial charge in [0.15, 0.2) is 9.84 Å². The number of hydrogen-bond acceptors (Lipinski definition) is 5. The highest BCUT2D eigenvalue weighted by molar-refractivity contribution is 7.91. The first kappa shape index (κ1) is 25.1. The summed E-state index contributed by atoms with van der Waals surface area (Å²) in [4.78, 5) is 38.9. The van der Waals surface area contributed by atoms with Gasteiger partial charge in [0.05, 0.1) is 22.3 Å². The van der Waals surface area contributed by atoms with Crippen molar-refractivity contribution in [3.05, 3.63) is 84.4 Å². The Morgan fingerprint density at radius 1 is 0.917 bits per heavy atom. The van der Waals surface area contributed by atoms with Crippen molar-refractivity contribution in [1.82, 2.24) is 10.7 Å². The van der Waals surface area contributed by atoms with Crippen LogP contribution in [-0.2, 0) is 24.2 Å². The zero-order valence-electron chi connectivity index (χ0n) is 20.0. The summed E-state index contributed by atoms with van der Waals surface area (Å²) in [5.41, 5.74) is 5.74. The molecular formula is C27H27N3O5S. The molecule has 0 radical (unpaired) electrons. The minimum absolute atomic E-state index is 0.136. The second-order valence-electron chi connectivity index (χ2n) is 8.65. The van der Waals surface area contributed by atoms with Crippen molar-refractivity contribution in [3.63, 3.8) is 0 Å². The van der Waals surface area contributed by atoms with Gasteiger partial charge in [0.2, 0.25) is 5.91 Å². The second-order valence-corrected chi connectivity index (χ2v) is 10.8. The molecule has 36 heavy (non-hydrogen) atoms. The van der Waals surface area contributed by atoms with Crippen molar-refractivity contribution in [3.8, 4) is 11.1 Å². The van der Waals surface area contributed by atoms with Crippen molar-refractivity contribution >= 4 is 33.2 Å². The average molecular weight is 506 g/mol. The van der Waals surface area contributed by atoms with Crippen LogP contribution in [-0.4, -0.2) is 37.9 Å². The lowest BCUT2D eigenvalue weighted by atomic mass is 9.92. The van der Waals surface area contributed by atoms with Gasteiger partial charge in [-0.15, -0.1) is 0 Å². The quantitative estimate of drug-likeness (QED) is 0.512. The fourth-order valence-corrected chi connectivity index (χ4v) is 5.40. The van der Waals surface area contributed by atoms with Crippen LogP contribution in [0.3, 0.4) is 0 Å². The molecular weight excluding hydrogens is 478 g/mol. The van der Waals surface area contributed by atoms with E-state index in [1.165, 1.54) is 24.1 Å². The van der Waals surface area contributed by atoms with E-state index in [2.05, 4.69) is 10.7 Å². The molecule has 3 aromatic rings. The molecule has 0 aliphatic carbocycles. The third-order valence-corrected chi connectivity index (χ3v) is 7.88. The number of nitrogens with zero attached hydrogens (tertiary/aromatic N) is 1. The number of amides is 3. The maximum absolute atomic E-state index is 13.4. The van der Waals surface area contributed by atoms with Crippen LogP contribution in [0.5, 0.6) is 0 Å². The zero-order valence-corrected chi connectivity index (χ0v) is 20.8. The van der Waals surface area contributed by atoms with Crippen LogP contribution in [0, 0.1) is 0 Å². The van der Waals surface area contributed by atoms with Gasteiger partial charge in [-0.2, -0.15) is 0 Å². The maximum Gasteiger partial charge on any atom is 0.261 e. The number of benzene rings is 3. The monoisotopic (exact) mass is 505 g/mol. The molecule has 186 valence electrons. The predicted molar refractivity (Wildman–Crippen MR) is 137 cm³/mol. The summed E-state index contributed by atoms with van der Waals surface area (Å²) in [6, 6.07) is 21.8. The number of sulfone groups is 1. The lowest BCUT2D eigenvalue weighted by molar-refractivity contribution is -0.130. The molecule has 0 saturated carbocycles. The molecule has 1 aliphatic heterocycles. The number of fused-ring (bicyclic) bond motifs is 3. The summed E-state index contributed by atoms with van der Waals surface area (Å²) >= 11 is 0. The first-order chi connectivity index (χ1) is 17.2. The number of carbonyl (C=O) groups excluding carboxylic acids is 3. The number of anilines is 1. The number of hydrazine groups is 1. The Balaban J connectivity index is 1.45. The first-order valence-corrected chi connectivity index (χ1v) is 13.2. The summed E-state index contributed by atoms with van der Waals surface area (Å²) < 4.78 is 24.9. The Morgan fingerprint density at radius 2 is 1.53 bits per heavy atom. The van der Waals surface area contributed by atoms with Gasteiger partial charge in [-0.05, 0) is 43.2 Å². The molecule has 1 aliphatic rings. The average Bonchev–Trinajstić information content (AvgIpc) is 2.98. The molecule has 0 spiro atoms. The van der Waals surface area contributed by atoms with E-state index in [1.807, 2.05) is 36.4 Å². The molecule has 0 aromatic heterocycles. The van der Waals surface area contributed by atoms with Crippen LogP contribution in [0.1, 0.15) is 31.7 Å². The van der Waals surface area contributed by atoms with E-state index in [1.54, 1.807) is 37.3 Å². The summed E-state index contributed by atoms with van der Waals surface area (Å²) in [6.45, 7) is 3.26. The maximum atomic E-state index is 13.4. The smallest absolute Gasteiger partial charge is 0.261 e. The number of para-hydroxylation sites is 1. The standard InChI is InChI=1S/C27H27N3O5S/c1-18-21-12-6-7-13-22(21)23-14-8-9-15-24(23)30(27(18)33)29-26(32)19(2)28-25(31)16-17-36(34,35)20-10-4-3-5-11-20/h3-15,18-19H,16-17H2,1-2H3,(H,28,31)(H,29,32)/t18?,19-/m0/s1. The zero-order chi connectivity index (χ0) is 25.9. The van der Waals surface area contributed by atoms with E-state index in [0.29, 0.717) is 5.69 Å². The second kappa shape index (κ2) is 10.3. The molecule has 0 bridgehead atoms. The predicted octanol–water partition coefficient (Wildman–Crippen LogP) is 3.20. The van der Waals surface area contributed by atoms with Gasteiger partial charge in [-0.1, -0.05) is 60.7 Å². The SMILES string of the molecule is CC1C(=O)N(NC(=O)[C@H](C)NC(=O)CCS(=O)(=O)c2ccccc2)c2ccccc2-c2ccccc21. The van der Waals surface area contributed by atoms with E-state index in [0.717, 1.165) is 16.7 Å². The van der Waals surface area contributed by atoms with Crippen molar-refractivity contribution in [2.75, 3.05) is 10.8 Å². The summed E-state index contributed by atoms with van der Waals surface area (Å²) in [6.07, 6.45) is -0.299. The third-order valence-electron chi connectivity index (χ3n) is 6.15. The third kappa shape index (κ3) is 5.16. The van der Waals surface area contributed by atoms with E-state index in [4.69, 9.17) is 0 Å². The van der Waals surface area contributed by atoms with Crippen molar-refractivity contribution in [1.29, 1.82) is 0 Å². The Morgan fingerprint density at radius 3 is 2.25 bits per heavy atom. The van der Waals surface area contributed by atoms with Crippen LogP contribution in [0.25, 0.3) is 11.1 Å². The first-order valence-electron chi connectivity index (χ1n) is 11.6. The Kier molecular flexibility index (Phi) is 7.21. The molecule has 2 N–H and O–H groups in total. The van der Waals surface area contributed by atoms with Gasteiger partial charge in [0.25, 0.3) is 11.8 Å². The molecule has 0 saturated heterocycles. The molecule has 8 nitrogen and oxygen atoms in total. The van der Waals surface area contributed by atoms with Crippen LogP contribution < -0.4 is 15.8 Å². The van der Waals surface area contributed by atoms with Gasteiger partial charge in [-0.3, -0.25) is 19.8 Å². The van der Waals surface area contributed by atoms with Crippen molar-refractivity contribution < 1.29 is 22.8 Å². The summed E-state index contributed by atoms with van der Waals surface area (Å²) in [7, 11) is -3.63. The van der Waals surface area contributed by atoms with Crippen molar-refractivity contribution in [2.45, 2.75) is 37.1 Å². The van der Waals surface area contributed by atoms with Crippen LogP contribution in [0.2, 0.25) is 0 Å². The normalized spacial score (nSPS) is 15.8. The number of rotatable bonds is 7. The Bertz CT molecular complexity index is 1410. The molecule has 0 fully saturated rings. The fourth-order valence-electron chi connectivity index (χ4n) is 4.14. The molecule has 3 amide bonds. The van der Waals surface area contributed by atoms with Gasteiger partial charge < -0.3 is 5.32 Å². The van der Waals surface area contributed by atoms with E-state index in [9.17, 15) is 22.8 Å². The Hall–Kier alpha value is -3.98. The van der Waals surface area contributed by atoms with E-state index < -0.39 is 33.6 Å². The van der Waals surface area contributed by atoms with Gasteiger partial charge >= 0.3 is 0 Å². The highest BCUT2D eigenvalue weighted by Crippen LogP contribution is 2.39. The summed E-state index contributed by atoms with van der Waals surface area (Å²) in [5.74, 6) is -2.39. The largest absolute Gasteiger partial charge is 0.344 e. The van der Waals surface area contributed by atoms with Crippen LogP contribution >= 0.6 is 0 Å².